The summed E-state index contributed by atoms with van der Waals surface area (Å²) in [4.78, 5) is 11.3. The van der Waals surface area contributed by atoms with Crippen LogP contribution in [0.2, 0.25) is 0 Å². The van der Waals surface area contributed by atoms with Crippen molar-refractivity contribution in [1.29, 1.82) is 0 Å². The van der Waals surface area contributed by atoms with E-state index in [9.17, 15) is 4.79 Å². The minimum atomic E-state index is 0.00436. The van der Waals surface area contributed by atoms with Crippen LogP contribution in [0.3, 0.4) is 0 Å². The predicted octanol–water partition coefficient (Wildman–Crippen LogP) is 4.08. The molecule has 0 spiro atoms. The third-order valence-corrected chi connectivity index (χ3v) is 3.43. The fraction of sp³-hybridized carbons (Fsp3) is 0.929. The molecule has 1 heterocycles. The van der Waals surface area contributed by atoms with Crippen molar-refractivity contribution in [2.45, 2.75) is 71.1 Å². The first-order valence-electron chi connectivity index (χ1n) is 6.94. The second kappa shape index (κ2) is 8.60. The van der Waals surface area contributed by atoms with Crippen LogP contribution in [0.5, 0.6) is 0 Å². The number of carbonyl (C=O) groups excluding carboxylic acids is 1. The van der Waals surface area contributed by atoms with Crippen LogP contribution in [0.15, 0.2) is 0 Å². The molecule has 16 heavy (non-hydrogen) atoms. The summed E-state index contributed by atoms with van der Waals surface area (Å²) >= 11 is 0. The third-order valence-electron chi connectivity index (χ3n) is 3.43. The number of ether oxygens (including phenoxy) is 1. The lowest BCUT2D eigenvalue weighted by molar-refractivity contribution is -0.144. The first kappa shape index (κ1) is 13.5. The quantitative estimate of drug-likeness (QED) is 0.582. The summed E-state index contributed by atoms with van der Waals surface area (Å²) in [6.45, 7) is 2.94. The maximum absolute atomic E-state index is 11.3. The lowest BCUT2D eigenvalue weighted by atomic mass is 9.97. The van der Waals surface area contributed by atoms with Gasteiger partial charge in [-0.15, -0.1) is 0 Å². The highest BCUT2D eigenvalue weighted by Crippen LogP contribution is 2.17. The Balaban J connectivity index is 2.21. The molecule has 0 amide bonds. The standard InChI is InChI=1S/C14H26O2/c1-13-9-6-4-2-3-5-7-11-14(15)16-12-8-10-13/h13H,2-12H2,1H3. The average molecular weight is 226 g/mol. The van der Waals surface area contributed by atoms with Crippen LogP contribution < -0.4 is 0 Å². The fourth-order valence-corrected chi connectivity index (χ4v) is 2.30. The highest BCUT2D eigenvalue weighted by molar-refractivity contribution is 5.69. The number of carbonyl (C=O) groups is 1. The number of hydrogen-bond acceptors (Lipinski definition) is 2. The summed E-state index contributed by atoms with van der Waals surface area (Å²) in [6, 6.07) is 0. The lowest BCUT2D eigenvalue weighted by Gasteiger charge is -2.12. The molecule has 0 aromatic rings. The van der Waals surface area contributed by atoms with Gasteiger partial charge in [-0.05, 0) is 25.2 Å². The zero-order chi connectivity index (χ0) is 11.6. The largest absolute Gasteiger partial charge is 0.466 e. The van der Waals surface area contributed by atoms with Gasteiger partial charge in [0.05, 0.1) is 6.61 Å². The van der Waals surface area contributed by atoms with E-state index in [1.165, 1.54) is 44.9 Å². The van der Waals surface area contributed by atoms with Crippen molar-refractivity contribution in [2.24, 2.45) is 5.92 Å². The molecule has 0 aliphatic carbocycles. The van der Waals surface area contributed by atoms with Gasteiger partial charge in [0.2, 0.25) is 0 Å². The van der Waals surface area contributed by atoms with Crippen molar-refractivity contribution in [3.8, 4) is 0 Å². The Bertz CT molecular complexity index is 189. The van der Waals surface area contributed by atoms with Crippen molar-refractivity contribution in [3.05, 3.63) is 0 Å². The highest BCUT2D eigenvalue weighted by atomic mass is 16.5. The zero-order valence-corrected chi connectivity index (χ0v) is 10.7. The van der Waals surface area contributed by atoms with Gasteiger partial charge in [-0.2, -0.15) is 0 Å². The van der Waals surface area contributed by atoms with E-state index in [0.717, 1.165) is 18.8 Å². The molecule has 2 nitrogen and oxygen atoms in total. The first-order valence-corrected chi connectivity index (χ1v) is 6.94. The summed E-state index contributed by atoms with van der Waals surface area (Å²) < 4.78 is 5.20. The van der Waals surface area contributed by atoms with E-state index < -0.39 is 0 Å². The lowest BCUT2D eigenvalue weighted by Crippen LogP contribution is -2.07. The van der Waals surface area contributed by atoms with Gasteiger partial charge in [-0.25, -0.2) is 0 Å². The average Bonchev–Trinajstić information content (AvgIpc) is 2.27. The van der Waals surface area contributed by atoms with Crippen molar-refractivity contribution in [2.75, 3.05) is 6.61 Å². The van der Waals surface area contributed by atoms with Crippen LogP contribution >= 0.6 is 0 Å². The Hall–Kier alpha value is -0.530. The van der Waals surface area contributed by atoms with Gasteiger partial charge in [-0.3, -0.25) is 4.79 Å². The van der Waals surface area contributed by atoms with E-state index in [2.05, 4.69) is 6.92 Å². The second-order valence-corrected chi connectivity index (χ2v) is 5.13. The Kier molecular flexibility index (Phi) is 7.28. The minimum absolute atomic E-state index is 0.00436. The SMILES string of the molecule is CC1CCCCCCCCC(=O)OCCC1. The molecule has 1 aliphatic rings. The topological polar surface area (TPSA) is 26.3 Å². The summed E-state index contributed by atoms with van der Waals surface area (Å²) in [5.41, 5.74) is 0. The molecule has 1 unspecified atom stereocenters. The van der Waals surface area contributed by atoms with E-state index in [1.807, 2.05) is 0 Å². The summed E-state index contributed by atoms with van der Waals surface area (Å²) in [7, 11) is 0. The van der Waals surface area contributed by atoms with Crippen LogP contribution in [-0.2, 0) is 9.53 Å². The summed E-state index contributed by atoms with van der Waals surface area (Å²) in [5.74, 6) is 0.798. The second-order valence-electron chi connectivity index (χ2n) is 5.13. The van der Waals surface area contributed by atoms with Gasteiger partial charge in [0.25, 0.3) is 0 Å². The van der Waals surface area contributed by atoms with Gasteiger partial charge < -0.3 is 4.74 Å². The molecule has 1 fully saturated rings. The molecule has 0 bridgehead atoms. The first-order chi connectivity index (χ1) is 7.79. The third kappa shape index (κ3) is 6.86. The fourth-order valence-electron chi connectivity index (χ4n) is 2.30. The Morgan fingerprint density at radius 1 is 0.938 bits per heavy atom. The van der Waals surface area contributed by atoms with Crippen LogP contribution in [0.25, 0.3) is 0 Å². The Morgan fingerprint density at radius 3 is 2.38 bits per heavy atom. The zero-order valence-electron chi connectivity index (χ0n) is 10.7. The van der Waals surface area contributed by atoms with Gasteiger partial charge in [0.15, 0.2) is 0 Å². The van der Waals surface area contributed by atoms with Gasteiger partial charge >= 0.3 is 5.97 Å². The molecular weight excluding hydrogens is 200 g/mol. The smallest absolute Gasteiger partial charge is 0.305 e. The van der Waals surface area contributed by atoms with E-state index in [4.69, 9.17) is 4.74 Å². The molecule has 1 saturated heterocycles. The van der Waals surface area contributed by atoms with Crippen molar-refractivity contribution >= 4 is 5.97 Å². The van der Waals surface area contributed by atoms with Crippen LogP contribution in [0.1, 0.15) is 71.1 Å². The number of cyclic esters (lactones) is 1. The maximum atomic E-state index is 11.3. The van der Waals surface area contributed by atoms with Crippen molar-refractivity contribution in [3.63, 3.8) is 0 Å². The minimum Gasteiger partial charge on any atom is -0.466 e. The van der Waals surface area contributed by atoms with Crippen LogP contribution in [0, 0.1) is 5.92 Å². The molecule has 0 radical (unpaired) electrons. The molecule has 0 aromatic heterocycles. The number of esters is 1. The van der Waals surface area contributed by atoms with Gasteiger partial charge in [-0.1, -0.05) is 45.4 Å². The molecule has 0 aromatic carbocycles. The monoisotopic (exact) mass is 226 g/mol. The maximum Gasteiger partial charge on any atom is 0.305 e. The molecule has 94 valence electrons. The van der Waals surface area contributed by atoms with Crippen LogP contribution in [0.4, 0.5) is 0 Å². The molecule has 0 N–H and O–H groups in total. The van der Waals surface area contributed by atoms with E-state index in [1.54, 1.807) is 0 Å². The summed E-state index contributed by atoms with van der Waals surface area (Å²) in [5, 5.41) is 0. The van der Waals surface area contributed by atoms with E-state index in [-0.39, 0.29) is 5.97 Å². The Labute approximate surface area is 99.8 Å². The van der Waals surface area contributed by atoms with Crippen molar-refractivity contribution in [1.82, 2.24) is 0 Å². The van der Waals surface area contributed by atoms with E-state index >= 15 is 0 Å². The molecule has 0 saturated carbocycles. The molecule has 1 aliphatic heterocycles. The molecule has 1 atom stereocenters. The Morgan fingerprint density at radius 2 is 1.56 bits per heavy atom. The molecule has 2 heteroatoms. The highest BCUT2D eigenvalue weighted by Gasteiger charge is 2.06. The number of hydrogen-bond donors (Lipinski definition) is 0. The van der Waals surface area contributed by atoms with E-state index in [0.29, 0.717) is 13.0 Å². The summed E-state index contributed by atoms with van der Waals surface area (Å²) in [6.07, 6.45) is 11.8. The van der Waals surface area contributed by atoms with Gasteiger partial charge in [0, 0.05) is 6.42 Å². The van der Waals surface area contributed by atoms with Crippen molar-refractivity contribution < 1.29 is 9.53 Å². The van der Waals surface area contributed by atoms with Gasteiger partial charge in [0.1, 0.15) is 0 Å². The number of rotatable bonds is 0. The predicted molar refractivity (Wildman–Crippen MR) is 66.3 cm³/mol. The van der Waals surface area contributed by atoms with Crippen LogP contribution in [-0.4, -0.2) is 12.6 Å². The molecular formula is C14H26O2. The normalized spacial score (nSPS) is 26.8. The molecule has 1 rings (SSSR count).